The third kappa shape index (κ3) is 7.21. The average molecular weight is 623 g/mol. The number of hydrogen-bond donors (Lipinski definition) is 1. The van der Waals surface area contributed by atoms with Gasteiger partial charge in [-0.3, -0.25) is 4.79 Å². The van der Waals surface area contributed by atoms with E-state index in [0.29, 0.717) is 5.39 Å². The molecule has 7 heteroatoms. The van der Waals surface area contributed by atoms with E-state index in [1.807, 2.05) is 103 Å². The van der Waals surface area contributed by atoms with Gasteiger partial charge in [0.05, 0.1) is 11.1 Å². The molecule has 0 amide bonds. The second kappa shape index (κ2) is 14.3. The molecule has 0 saturated heterocycles. The quantitative estimate of drug-likeness (QED) is 0.108. The van der Waals surface area contributed by atoms with Crippen LogP contribution in [0.2, 0.25) is 0 Å². The van der Waals surface area contributed by atoms with Gasteiger partial charge < -0.3 is 19.3 Å². The van der Waals surface area contributed by atoms with E-state index in [1.165, 1.54) is 12.1 Å². The number of ether oxygens (including phenoxy) is 3. The van der Waals surface area contributed by atoms with E-state index in [1.54, 1.807) is 24.3 Å². The lowest BCUT2D eigenvalue weighted by molar-refractivity contribution is 0.0470. The molecule has 47 heavy (non-hydrogen) atoms. The summed E-state index contributed by atoms with van der Waals surface area (Å²) in [5.41, 5.74) is 2.46. The van der Waals surface area contributed by atoms with Gasteiger partial charge in [-0.15, -0.1) is 0 Å². The van der Waals surface area contributed by atoms with Crippen LogP contribution in [0.1, 0.15) is 53.3 Å². The Balaban J connectivity index is 1.48. The summed E-state index contributed by atoms with van der Waals surface area (Å²) < 4.78 is 18.1. The van der Waals surface area contributed by atoms with Crippen molar-refractivity contribution in [3.63, 3.8) is 0 Å². The van der Waals surface area contributed by atoms with Crippen molar-refractivity contribution < 1.29 is 33.7 Å². The van der Waals surface area contributed by atoms with Crippen molar-refractivity contribution in [1.29, 1.82) is 0 Å². The molecule has 0 aromatic heterocycles. The number of esters is 1. The Bertz CT molecular complexity index is 1970. The average Bonchev–Trinajstić information content (AvgIpc) is 3.12. The molecule has 0 radical (unpaired) electrons. The maximum absolute atomic E-state index is 14.9. The van der Waals surface area contributed by atoms with E-state index >= 15 is 0 Å². The van der Waals surface area contributed by atoms with Gasteiger partial charge in [0.15, 0.2) is 0 Å². The van der Waals surface area contributed by atoms with Crippen molar-refractivity contribution in [2.45, 2.75) is 19.8 Å². The first-order chi connectivity index (χ1) is 23.0. The minimum atomic E-state index is -1.21. The lowest BCUT2D eigenvalue weighted by atomic mass is 9.91. The van der Waals surface area contributed by atoms with E-state index in [4.69, 9.17) is 14.2 Å². The zero-order valence-corrected chi connectivity index (χ0v) is 25.3. The number of carboxylic acids is 1. The van der Waals surface area contributed by atoms with Gasteiger partial charge in [-0.1, -0.05) is 121 Å². The van der Waals surface area contributed by atoms with Gasteiger partial charge in [0.1, 0.15) is 36.9 Å². The maximum atomic E-state index is 14.9. The minimum Gasteiger partial charge on any atom is -0.488 e. The predicted molar refractivity (Wildman–Crippen MR) is 178 cm³/mol. The zero-order valence-electron chi connectivity index (χ0n) is 25.3. The number of benzene rings is 6. The Labute approximate surface area is 271 Å². The standard InChI is InChI=1S/C40H30O7/c41-38(36-32-19-11-10-18-30(32)20-21-33(36)40(44)47-26-29-16-8-3-9-17-29)37-34(45-24-27-12-4-1-5-13-27)22-31(39(42)43)23-35(37)46-25-28-14-6-2-7-15-28/h1-23H,24-26H2,(H,42,43). The van der Waals surface area contributed by atoms with Crippen molar-refractivity contribution in [2.75, 3.05) is 0 Å². The van der Waals surface area contributed by atoms with Crippen LogP contribution >= 0.6 is 0 Å². The van der Waals surface area contributed by atoms with Gasteiger partial charge in [-0.05, 0) is 45.7 Å². The zero-order chi connectivity index (χ0) is 32.6. The third-order valence-corrected chi connectivity index (χ3v) is 7.60. The maximum Gasteiger partial charge on any atom is 0.339 e. The molecule has 232 valence electrons. The van der Waals surface area contributed by atoms with Crippen LogP contribution < -0.4 is 9.47 Å². The summed E-state index contributed by atoms with van der Waals surface area (Å²) in [6.07, 6.45) is 0. The Hall–Kier alpha value is -6.21. The van der Waals surface area contributed by atoms with Crippen LogP contribution in [0.15, 0.2) is 140 Å². The van der Waals surface area contributed by atoms with Crippen LogP contribution in [-0.4, -0.2) is 22.8 Å². The van der Waals surface area contributed by atoms with Crippen molar-refractivity contribution in [3.05, 3.63) is 178 Å². The second-order valence-electron chi connectivity index (χ2n) is 10.8. The minimum absolute atomic E-state index is 0.00433. The fraction of sp³-hybridized carbons (Fsp3) is 0.0750. The number of aromatic carboxylic acids is 1. The summed E-state index contributed by atoms with van der Waals surface area (Å²) in [6, 6.07) is 41.1. The summed E-state index contributed by atoms with van der Waals surface area (Å²) in [5, 5.41) is 11.3. The lowest BCUT2D eigenvalue weighted by Crippen LogP contribution is -2.16. The topological polar surface area (TPSA) is 99.1 Å². The highest BCUT2D eigenvalue weighted by atomic mass is 16.5. The molecule has 6 aromatic carbocycles. The molecular weight excluding hydrogens is 592 g/mol. The number of carbonyl (C=O) groups is 3. The Morgan fingerprint density at radius 1 is 0.532 bits per heavy atom. The van der Waals surface area contributed by atoms with Gasteiger partial charge in [0.25, 0.3) is 0 Å². The predicted octanol–water partition coefficient (Wildman–Crippen LogP) is 8.28. The molecular formula is C40H30O7. The fourth-order valence-corrected chi connectivity index (χ4v) is 5.25. The highest BCUT2D eigenvalue weighted by Crippen LogP contribution is 2.37. The van der Waals surface area contributed by atoms with Gasteiger partial charge in [0.2, 0.25) is 5.78 Å². The molecule has 0 unspecified atom stereocenters. The second-order valence-corrected chi connectivity index (χ2v) is 10.8. The van der Waals surface area contributed by atoms with Crippen LogP contribution in [0.4, 0.5) is 0 Å². The van der Waals surface area contributed by atoms with Crippen molar-refractivity contribution in [2.24, 2.45) is 0 Å². The number of carbonyl (C=O) groups excluding carboxylic acids is 2. The van der Waals surface area contributed by atoms with Crippen LogP contribution in [-0.2, 0) is 24.6 Å². The normalized spacial score (nSPS) is 10.7. The summed E-state index contributed by atoms with van der Waals surface area (Å²) >= 11 is 0. The van der Waals surface area contributed by atoms with Gasteiger partial charge in [-0.2, -0.15) is 0 Å². The molecule has 6 aromatic rings. The Morgan fingerprint density at radius 2 is 1.02 bits per heavy atom. The molecule has 6 rings (SSSR count). The highest BCUT2D eigenvalue weighted by molar-refractivity contribution is 6.23. The van der Waals surface area contributed by atoms with Gasteiger partial charge in [-0.25, -0.2) is 9.59 Å². The number of fused-ring (bicyclic) bond motifs is 1. The number of rotatable bonds is 12. The molecule has 0 aliphatic rings. The molecule has 0 aliphatic heterocycles. The summed E-state index contributed by atoms with van der Waals surface area (Å²) in [6.45, 7) is 0.137. The largest absolute Gasteiger partial charge is 0.488 e. The van der Waals surface area contributed by atoms with E-state index < -0.39 is 17.7 Å². The molecule has 1 N–H and O–H groups in total. The molecule has 0 spiro atoms. The van der Waals surface area contributed by atoms with E-state index in [2.05, 4.69) is 0 Å². The summed E-state index contributed by atoms with van der Waals surface area (Å²) in [5.74, 6) is -2.44. The molecule has 0 heterocycles. The van der Waals surface area contributed by atoms with Crippen molar-refractivity contribution in [3.8, 4) is 11.5 Å². The monoisotopic (exact) mass is 622 g/mol. The van der Waals surface area contributed by atoms with E-state index in [9.17, 15) is 19.5 Å². The van der Waals surface area contributed by atoms with Crippen LogP contribution in [0.5, 0.6) is 11.5 Å². The molecule has 0 bridgehead atoms. The first kappa shape index (κ1) is 30.8. The molecule has 0 aliphatic carbocycles. The Morgan fingerprint density at radius 3 is 1.55 bits per heavy atom. The third-order valence-electron chi connectivity index (χ3n) is 7.60. The van der Waals surface area contributed by atoms with Crippen LogP contribution in [0, 0.1) is 0 Å². The first-order valence-electron chi connectivity index (χ1n) is 15.0. The number of hydrogen-bond acceptors (Lipinski definition) is 6. The number of carboxylic acid groups (broad SMARTS) is 1. The number of ketones is 1. The van der Waals surface area contributed by atoms with Crippen molar-refractivity contribution in [1.82, 2.24) is 0 Å². The molecule has 0 atom stereocenters. The molecule has 7 nitrogen and oxygen atoms in total. The van der Waals surface area contributed by atoms with E-state index in [-0.39, 0.29) is 53.6 Å². The Kier molecular flexibility index (Phi) is 9.35. The molecule has 0 saturated carbocycles. The highest BCUT2D eigenvalue weighted by Gasteiger charge is 2.29. The molecule has 0 fully saturated rings. The van der Waals surface area contributed by atoms with Gasteiger partial charge >= 0.3 is 11.9 Å². The first-order valence-corrected chi connectivity index (χ1v) is 15.0. The van der Waals surface area contributed by atoms with Gasteiger partial charge in [0, 0.05) is 5.56 Å². The summed E-state index contributed by atoms with van der Waals surface area (Å²) in [4.78, 5) is 40.8. The van der Waals surface area contributed by atoms with E-state index in [0.717, 1.165) is 22.1 Å². The SMILES string of the molecule is O=C(O)c1cc(OCc2ccccc2)c(C(=O)c2c(C(=O)OCc3ccccc3)ccc3ccccc23)c(OCc2ccccc2)c1. The summed E-state index contributed by atoms with van der Waals surface area (Å²) in [7, 11) is 0. The van der Waals surface area contributed by atoms with Crippen LogP contribution in [0.3, 0.4) is 0 Å². The van der Waals surface area contributed by atoms with Crippen LogP contribution in [0.25, 0.3) is 10.8 Å². The fourth-order valence-electron chi connectivity index (χ4n) is 5.25. The smallest absolute Gasteiger partial charge is 0.339 e. The lowest BCUT2D eigenvalue weighted by Gasteiger charge is -2.19. The van der Waals surface area contributed by atoms with Crippen molar-refractivity contribution >= 4 is 28.5 Å².